The van der Waals surface area contributed by atoms with Crippen LogP contribution in [0.2, 0.25) is 0 Å². The van der Waals surface area contributed by atoms with E-state index in [1.807, 2.05) is 35.8 Å². The highest BCUT2D eigenvalue weighted by Gasteiger charge is 2.14. The predicted molar refractivity (Wildman–Crippen MR) is 101 cm³/mol. The van der Waals surface area contributed by atoms with Crippen molar-refractivity contribution in [1.82, 2.24) is 14.8 Å². The van der Waals surface area contributed by atoms with E-state index in [2.05, 4.69) is 10.2 Å². The fraction of sp³-hybridized carbons (Fsp3) is 0.211. The van der Waals surface area contributed by atoms with Gasteiger partial charge in [0.05, 0.1) is 25.2 Å². The summed E-state index contributed by atoms with van der Waals surface area (Å²) in [5, 5.41) is 8.72. The van der Waals surface area contributed by atoms with Gasteiger partial charge in [0.2, 0.25) is 0 Å². The molecule has 0 atom stereocenters. The van der Waals surface area contributed by atoms with Gasteiger partial charge in [-0.1, -0.05) is 23.9 Å². The Morgan fingerprint density at radius 2 is 1.92 bits per heavy atom. The van der Waals surface area contributed by atoms with Crippen molar-refractivity contribution in [3.8, 4) is 17.2 Å². The Bertz CT molecular complexity index is 878. The minimum absolute atomic E-state index is 0.0209. The predicted octanol–water partition coefficient (Wildman–Crippen LogP) is 3.65. The van der Waals surface area contributed by atoms with Crippen LogP contribution in [-0.4, -0.2) is 40.0 Å². The second-order valence-corrected chi connectivity index (χ2v) is 6.27. The third-order valence-electron chi connectivity index (χ3n) is 3.68. The number of thioether (sulfide) groups is 1. The van der Waals surface area contributed by atoms with Crippen LogP contribution in [0.5, 0.6) is 11.5 Å². The van der Waals surface area contributed by atoms with Gasteiger partial charge in [0, 0.05) is 5.56 Å². The number of rotatable bonds is 8. The Labute approximate surface area is 156 Å². The number of nitrogens with zero attached hydrogens (tertiary/aromatic N) is 3. The summed E-state index contributed by atoms with van der Waals surface area (Å²) in [6, 6.07) is 14.8. The SMILES string of the molecule is CCOc1ccc(C(=O)CSc2nncn2-c2ccccc2OC)cc1. The summed E-state index contributed by atoms with van der Waals surface area (Å²) in [5.74, 6) is 1.76. The third kappa shape index (κ3) is 4.05. The highest BCUT2D eigenvalue weighted by Crippen LogP contribution is 2.27. The van der Waals surface area contributed by atoms with Gasteiger partial charge in [0.15, 0.2) is 10.9 Å². The molecule has 3 rings (SSSR count). The molecule has 134 valence electrons. The molecule has 0 N–H and O–H groups in total. The van der Waals surface area contributed by atoms with E-state index in [-0.39, 0.29) is 11.5 Å². The van der Waals surface area contributed by atoms with Gasteiger partial charge in [-0.05, 0) is 43.3 Å². The normalized spacial score (nSPS) is 10.5. The number of carbonyl (C=O) groups is 1. The average molecular weight is 369 g/mol. The smallest absolute Gasteiger partial charge is 0.196 e. The topological polar surface area (TPSA) is 66.2 Å². The fourth-order valence-electron chi connectivity index (χ4n) is 2.43. The van der Waals surface area contributed by atoms with Crippen LogP contribution in [0, 0.1) is 0 Å². The van der Waals surface area contributed by atoms with E-state index in [9.17, 15) is 4.79 Å². The van der Waals surface area contributed by atoms with Crippen LogP contribution >= 0.6 is 11.8 Å². The van der Waals surface area contributed by atoms with E-state index >= 15 is 0 Å². The number of aromatic nitrogens is 3. The zero-order chi connectivity index (χ0) is 18.4. The summed E-state index contributed by atoms with van der Waals surface area (Å²) in [7, 11) is 1.62. The molecule has 0 saturated heterocycles. The monoisotopic (exact) mass is 369 g/mol. The molecule has 0 aliphatic carbocycles. The molecule has 0 aliphatic rings. The number of ether oxygens (including phenoxy) is 2. The van der Waals surface area contributed by atoms with E-state index in [1.165, 1.54) is 11.8 Å². The Kier molecular flexibility index (Phi) is 5.91. The highest BCUT2D eigenvalue weighted by molar-refractivity contribution is 7.99. The van der Waals surface area contributed by atoms with Crippen LogP contribution in [0.3, 0.4) is 0 Å². The molecule has 7 heteroatoms. The molecule has 0 aliphatic heterocycles. The van der Waals surface area contributed by atoms with Gasteiger partial charge in [-0.25, -0.2) is 0 Å². The lowest BCUT2D eigenvalue weighted by molar-refractivity contribution is 0.102. The molecule has 0 saturated carbocycles. The third-order valence-corrected chi connectivity index (χ3v) is 4.62. The number of carbonyl (C=O) groups excluding carboxylic acids is 1. The molecule has 0 spiro atoms. The molecular formula is C19H19N3O3S. The maximum atomic E-state index is 12.4. The van der Waals surface area contributed by atoms with Crippen molar-refractivity contribution in [2.75, 3.05) is 19.5 Å². The summed E-state index contributed by atoms with van der Waals surface area (Å²) < 4.78 is 12.6. The maximum Gasteiger partial charge on any atom is 0.196 e. The molecule has 6 nitrogen and oxygen atoms in total. The molecule has 3 aromatic rings. The Balaban J connectivity index is 1.71. The van der Waals surface area contributed by atoms with Gasteiger partial charge >= 0.3 is 0 Å². The van der Waals surface area contributed by atoms with Crippen LogP contribution in [0.25, 0.3) is 5.69 Å². The quantitative estimate of drug-likeness (QED) is 0.446. The van der Waals surface area contributed by atoms with Gasteiger partial charge in [0.1, 0.15) is 17.8 Å². The maximum absolute atomic E-state index is 12.4. The number of benzene rings is 2. The molecule has 26 heavy (non-hydrogen) atoms. The van der Waals surface area contributed by atoms with E-state index in [4.69, 9.17) is 9.47 Å². The number of hydrogen-bond donors (Lipinski definition) is 0. The first-order valence-corrected chi connectivity index (χ1v) is 9.13. The molecule has 2 aromatic carbocycles. The van der Waals surface area contributed by atoms with Crippen LogP contribution in [0.15, 0.2) is 60.0 Å². The van der Waals surface area contributed by atoms with Gasteiger partial charge < -0.3 is 9.47 Å². The number of Topliss-reactive ketones (excluding diaryl/α,β-unsaturated/α-hetero) is 1. The van der Waals surface area contributed by atoms with Crippen LogP contribution in [0.1, 0.15) is 17.3 Å². The van der Waals surface area contributed by atoms with E-state index in [0.29, 0.717) is 23.1 Å². The van der Waals surface area contributed by atoms with Crippen molar-refractivity contribution in [3.63, 3.8) is 0 Å². The lowest BCUT2D eigenvalue weighted by atomic mass is 10.1. The van der Waals surface area contributed by atoms with Crippen molar-refractivity contribution < 1.29 is 14.3 Å². The van der Waals surface area contributed by atoms with Crippen molar-refractivity contribution in [3.05, 3.63) is 60.4 Å². The highest BCUT2D eigenvalue weighted by atomic mass is 32.2. The largest absolute Gasteiger partial charge is 0.495 e. The zero-order valence-corrected chi connectivity index (χ0v) is 15.4. The molecule has 0 radical (unpaired) electrons. The average Bonchev–Trinajstić information content (AvgIpc) is 3.15. The number of methoxy groups -OCH3 is 1. The summed E-state index contributed by atoms with van der Waals surface area (Å²) in [6.45, 7) is 2.52. The first-order chi connectivity index (χ1) is 12.7. The van der Waals surface area contributed by atoms with Crippen molar-refractivity contribution in [2.45, 2.75) is 12.1 Å². The number of hydrogen-bond acceptors (Lipinski definition) is 6. The molecule has 0 amide bonds. The Morgan fingerprint density at radius 3 is 2.65 bits per heavy atom. The Hall–Kier alpha value is -2.80. The number of para-hydroxylation sites is 2. The summed E-state index contributed by atoms with van der Waals surface area (Å²) in [6.07, 6.45) is 1.61. The van der Waals surface area contributed by atoms with E-state index in [0.717, 1.165) is 11.4 Å². The second-order valence-electron chi connectivity index (χ2n) is 5.32. The van der Waals surface area contributed by atoms with E-state index in [1.54, 1.807) is 37.7 Å². The fourth-order valence-corrected chi connectivity index (χ4v) is 3.25. The second kappa shape index (κ2) is 8.53. The summed E-state index contributed by atoms with van der Waals surface area (Å²) in [4.78, 5) is 12.4. The van der Waals surface area contributed by atoms with Crippen molar-refractivity contribution in [1.29, 1.82) is 0 Å². The van der Waals surface area contributed by atoms with Crippen molar-refractivity contribution in [2.24, 2.45) is 0 Å². The van der Waals surface area contributed by atoms with Gasteiger partial charge in [0.25, 0.3) is 0 Å². The minimum Gasteiger partial charge on any atom is -0.495 e. The van der Waals surface area contributed by atoms with Crippen molar-refractivity contribution >= 4 is 17.5 Å². The van der Waals surface area contributed by atoms with Crippen LogP contribution in [-0.2, 0) is 0 Å². The molecule has 0 unspecified atom stereocenters. The van der Waals surface area contributed by atoms with Gasteiger partial charge in [-0.3, -0.25) is 9.36 Å². The zero-order valence-electron chi connectivity index (χ0n) is 14.6. The molecule has 1 aromatic heterocycles. The summed E-state index contributed by atoms with van der Waals surface area (Å²) >= 11 is 1.34. The first-order valence-electron chi connectivity index (χ1n) is 8.15. The summed E-state index contributed by atoms with van der Waals surface area (Å²) in [5.41, 5.74) is 1.47. The standard InChI is InChI=1S/C19H19N3O3S/c1-3-25-15-10-8-14(9-11-15)17(23)12-26-19-21-20-13-22(19)16-6-4-5-7-18(16)24-2/h4-11,13H,3,12H2,1-2H3. The number of ketones is 1. The lowest BCUT2D eigenvalue weighted by Gasteiger charge is -2.10. The molecule has 1 heterocycles. The van der Waals surface area contributed by atoms with Gasteiger partial charge in [-0.2, -0.15) is 0 Å². The molecular weight excluding hydrogens is 350 g/mol. The molecule has 0 bridgehead atoms. The van der Waals surface area contributed by atoms with Crippen LogP contribution < -0.4 is 9.47 Å². The Morgan fingerprint density at radius 1 is 1.15 bits per heavy atom. The van der Waals surface area contributed by atoms with Crippen LogP contribution in [0.4, 0.5) is 0 Å². The minimum atomic E-state index is 0.0209. The molecule has 0 fully saturated rings. The first kappa shape index (κ1) is 18.0. The lowest BCUT2D eigenvalue weighted by Crippen LogP contribution is -2.05. The van der Waals surface area contributed by atoms with Gasteiger partial charge in [-0.15, -0.1) is 10.2 Å². The van der Waals surface area contributed by atoms with E-state index < -0.39 is 0 Å².